The summed E-state index contributed by atoms with van der Waals surface area (Å²) in [6, 6.07) is 8.29. The highest BCUT2D eigenvalue weighted by Crippen LogP contribution is 2.67. The molecule has 2 unspecified atom stereocenters. The molecule has 1 aromatic heterocycles. The van der Waals surface area contributed by atoms with E-state index in [1.54, 1.807) is 0 Å². The van der Waals surface area contributed by atoms with Gasteiger partial charge in [0.1, 0.15) is 0 Å². The summed E-state index contributed by atoms with van der Waals surface area (Å²) in [6.45, 7) is 12.1. The summed E-state index contributed by atoms with van der Waals surface area (Å²) in [5, 5.41) is 0. The number of hydrogen-bond acceptors (Lipinski definition) is 1. The fourth-order valence-corrected chi connectivity index (χ4v) is 5.13. The van der Waals surface area contributed by atoms with E-state index in [1.165, 1.54) is 17.7 Å². The topological polar surface area (TPSA) is 26.9 Å². The SMILES string of the molecule is CCn1c2c(c(=O)n1-c1ccc(C)cc1)C1CCC2(C)C1(C)C. The van der Waals surface area contributed by atoms with Crippen LogP contribution in [0, 0.1) is 12.3 Å². The zero-order valence-electron chi connectivity index (χ0n) is 14.8. The van der Waals surface area contributed by atoms with Gasteiger partial charge in [-0.05, 0) is 50.2 Å². The monoisotopic (exact) mass is 310 g/mol. The Morgan fingerprint density at radius 3 is 2.43 bits per heavy atom. The van der Waals surface area contributed by atoms with Crippen molar-refractivity contribution in [3.8, 4) is 5.69 Å². The van der Waals surface area contributed by atoms with Gasteiger partial charge in [-0.3, -0.25) is 9.48 Å². The molecule has 2 atom stereocenters. The maximum atomic E-state index is 13.3. The molecule has 2 aliphatic rings. The van der Waals surface area contributed by atoms with E-state index in [4.69, 9.17) is 0 Å². The van der Waals surface area contributed by atoms with Crippen molar-refractivity contribution < 1.29 is 0 Å². The molecule has 0 amide bonds. The average molecular weight is 310 g/mol. The van der Waals surface area contributed by atoms with Gasteiger partial charge >= 0.3 is 0 Å². The minimum Gasteiger partial charge on any atom is -0.281 e. The Hall–Kier alpha value is -1.77. The van der Waals surface area contributed by atoms with Gasteiger partial charge < -0.3 is 0 Å². The fourth-order valence-electron chi connectivity index (χ4n) is 5.13. The van der Waals surface area contributed by atoms with E-state index in [2.05, 4.69) is 63.6 Å². The predicted molar refractivity (Wildman–Crippen MR) is 93.5 cm³/mol. The van der Waals surface area contributed by atoms with E-state index in [0.29, 0.717) is 5.92 Å². The van der Waals surface area contributed by atoms with E-state index in [-0.39, 0.29) is 16.4 Å². The lowest BCUT2D eigenvalue weighted by Gasteiger charge is -2.36. The van der Waals surface area contributed by atoms with Crippen LogP contribution in [0.3, 0.4) is 0 Å². The van der Waals surface area contributed by atoms with Crippen LogP contribution in [0.5, 0.6) is 0 Å². The molecule has 2 aromatic rings. The zero-order valence-corrected chi connectivity index (χ0v) is 14.8. The summed E-state index contributed by atoms with van der Waals surface area (Å²) < 4.78 is 4.15. The first-order chi connectivity index (χ1) is 10.8. The van der Waals surface area contributed by atoms with Gasteiger partial charge in [-0.25, -0.2) is 4.68 Å². The Morgan fingerprint density at radius 2 is 1.83 bits per heavy atom. The molecule has 1 aromatic carbocycles. The Labute approximate surface area is 137 Å². The third-order valence-corrected chi connectivity index (χ3v) is 6.85. The van der Waals surface area contributed by atoms with Gasteiger partial charge in [-0.15, -0.1) is 0 Å². The van der Waals surface area contributed by atoms with Crippen molar-refractivity contribution in [1.29, 1.82) is 0 Å². The second kappa shape index (κ2) is 4.40. The lowest BCUT2D eigenvalue weighted by atomic mass is 9.70. The van der Waals surface area contributed by atoms with Crippen LogP contribution >= 0.6 is 0 Å². The maximum Gasteiger partial charge on any atom is 0.275 e. The number of rotatable bonds is 2. The minimum atomic E-state index is 0.109. The van der Waals surface area contributed by atoms with E-state index >= 15 is 0 Å². The maximum absolute atomic E-state index is 13.3. The van der Waals surface area contributed by atoms with Crippen LogP contribution < -0.4 is 5.56 Å². The van der Waals surface area contributed by atoms with Crippen LogP contribution in [0.4, 0.5) is 0 Å². The number of hydrogen-bond donors (Lipinski definition) is 0. The van der Waals surface area contributed by atoms with E-state index < -0.39 is 0 Å². The molecule has 1 fully saturated rings. The molecule has 2 bridgehead atoms. The Bertz CT molecular complexity index is 838. The highest BCUT2D eigenvalue weighted by Gasteiger charge is 2.62. The first-order valence-electron chi connectivity index (χ1n) is 8.76. The molecule has 3 nitrogen and oxygen atoms in total. The molecule has 0 saturated heterocycles. The van der Waals surface area contributed by atoms with Crippen molar-refractivity contribution in [3.05, 3.63) is 51.4 Å². The molecule has 4 rings (SSSR count). The summed E-state index contributed by atoms with van der Waals surface area (Å²) >= 11 is 0. The van der Waals surface area contributed by atoms with Gasteiger partial charge in [0.2, 0.25) is 0 Å². The van der Waals surface area contributed by atoms with Crippen molar-refractivity contribution in [2.24, 2.45) is 5.41 Å². The number of aromatic nitrogens is 2. The summed E-state index contributed by atoms with van der Waals surface area (Å²) in [7, 11) is 0. The smallest absolute Gasteiger partial charge is 0.275 e. The molecular weight excluding hydrogens is 284 g/mol. The number of fused-ring (bicyclic) bond motifs is 5. The molecule has 0 spiro atoms. The van der Waals surface area contributed by atoms with Crippen molar-refractivity contribution in [1.82, 2.24) is 9.36 Å². The summed E-state index contributed by atoms with van der Waals surface area (Å²) in [5.74, 6) is 0.402. The first kappa shape index (κ1) is 14.8. The average Bonchev–Trinajstić information content (AvgIpc) is 3.00. The number of aryl methyl sites for hydroxylation is 1. The van der Waals surface area contributed by atoms with E-state index in [0.717, 1.165) is 24.2 Å². The molecule has 1 saturated carbocycles. The highest BCUT2D eigenvalue weighted by atomic mass is 16.1. The first-order valence-corrected chi connectivity index (χ1v) is 8.76. The quantitative estimate of drug-likeness (QED) is 0.819. The Balaban J connectivity index is 2.03. The van der Waals surface area contributed by atoms with Crippen molar-refractivity contribution in [2.45, 2.75) is 65.3 Å². The van der Waals surface area contributed by atoms with E-state index in [1.807, 2.05) is 4.68 Å². The van der Waals surface area contributed by atoms with Gasteiger partial charge in [0.15, 0.2) is 0 Å². The highest BCUT2D eigenvalue weighted by molar-refractivity contribution is 5.47. The van der Waals surface area contributed by atoms with Gasteiger partial charge in [0.05, 0.1) is 11.4 Å². The van der Waals surface area contributed by atoms with Crippen LogP contribution in [-0.2, 0) is 12.0 Å². The predicted octanol–water partition coefficient (Wildman–Crippen LogP) is 4.14. The second-order valence-corrected chi connectivity index (χ2v) is 8.08. The van der Waals surface area contributed by atoms with E-state index in [9.17, 15) is 4.79 Å². The van der Waals surface area contributed by atoms with Gasteiger partial charge in [0.25, 0.3) is 5.56 Å². The normalized spacial score (nSPS) is 27.4. The van der Waals surface area contributed by atoms with Crippen molar-refractivity contribution >= 4 is 0 Å². The molecule has 0 N–H and O–H groups in total. The molecule has 122 valence electrons. The molecule has 2 aliphatic carbocycles. The third-order valence-electron chi connectivity index (χ3n) is 6.85. The van der Waals surface area contributed by atoms with Crippen molar-refractivity contribution in [2.75, 3.05) is 0 Å². The lowest BCUT2D eigenvalue weighted by molar-refractivity contribution is 0.216. The van der Waals surface area contributed by atoms with Crippen LogP contribution in [0.15, 0.2) is 29.1 Å². The van der Waals surface area contributed by atoms with Gasteiger partial charge in [-0.2, -0.15) is 0 Å². The molecule has 1 heterocycles. The molecular formula is C20H26N2O. The molecule has 23 heavy (non-hydrogen) atoms. The largest absolute Gasteiger partial charge is 0.281 e. The van der Waals surface area contributed by atoms with Gasteiger partial charge in [-0.1, -0.05) is 38.5 Å². The lowest BCUT2D eigenvalue weighted by Crippen LogP contribution is -2.35. The Morgan fingerprint density at radius 1 is 1.17 bits per heavy atom. The summed E-state index contributed by atoms with van der Waals surface area (Å²) in [6.07, 6.45) is 2.34. The number of nitrogens with zero attached hydrogens (tertiary/aromatic N) is 2. The van der Waals surface area contributed by atoms with Crippen LogP contribution in [0.2, 0.25) is 0 Å². The van der Waals surface area contributed by atoms with Crippen LogP contribution in [0.25, 0.3) is 5.69 Å². The van der Waals surface area contributed by atoms with Crippen LogP contribution in [-0.4, -0.2) is 9.36 Å². The molecule has 0 aliphatic heterocycles. The minimum absolute atomic E-state index is 0.109. The fraction of sp³-hybridized carbons (Fsp3) is 0.550. The molecule has 0 radical (unpaired) electrons. The Kier molecular flexibility index (Phi) is 2.83. The van der Waals surface area contributed by atoms with Crippen LogP contribution in [0.1, 0.15) is 63.3 Å². The second-order valence-electron chi connectivity index (χ2n) is 8.08. The third kappa shape index (κ3) is 1.58. The number of benzene rings is 1. The standard InChI is InChI=1S/C20H26N2O/c1-6-21-17-16(15-11-12-20(17,5)19(15,3)4)18(23)22(21)14-9-7-13(2)8-10-14/h7-10,15H,6,11-12H2,1-5H3. The van der Waals surface area contributed by atoms with Gasteiger partial charge in [0, 0.05) is 17.5 Å². The zero-order chi connectivity index (χ0) is 16.6. The summed E-state index contributed by atoms with van der Waals surface area (Å²) in [5.41, 5.74) is 5.08. The molecule has 3 heteroatoms. The van der Waals surface area contributed by atoms with Crippen molar-refractivity contribution in [3.63, 3.8) is 0 Å². The summed E-state index contributed by atoms with van der Waals surface area (Å²) in [4.78, 5) is 13.3.